The number of nitrogens with two attached hydrogens (primary N) is 1. The first kappa shape index (κ1) is 14.9. The average molecular weight is 278 g/mol. The van der Waals surface area contributed by atoms with Gasteiger partial charge in [-0.05, 0) is 31.6 Å². The van der Waals surface area contributed by atoms with Crippen molar-refractivity contribution >= 4 is 11.6 Å². The molecule has 2 rings (SSSR count). The molecule has 1 aliphatic rings. The van der Waals surface area contributed by atoms with Crippen molar-refractivity contribution in [2.45, 2.75) is 52.5 Å². The van der Waals surface area contributed by atoms with E-state index in [1.165, 1.54) is 25.7 Å². The molecule has 1 aromatic heterocycles. The molecule has 0 spiro atoms. The molecule has 2 atom stereocenters. The molecule has 0 aliphatic heterocycles. The fraction of sp³-hybridized carbons (Fsp3) is 0.733. The van der Waals surface area contributed by atoms with Crippen LogP contribution < -0.4 is 11.1 Å². The van der Waals surface area contributed by atoms with E-state index in [1.54, 1.807) is 10.9 Å². The van der Waals surface area contributed by atoms with Crippen LogP contribution in [0.4, 0.5) is 5.69 Å². The van der Waals surface area contributed by atoms with Crippen LogP contribution in [0.25, 0.3) is 0 Å². The number of hydrogen-bond donors (Lipinski definition) is 2. The standard InChI is InChI=1S/C15H26N4O/c1-3-19-14(13(16)10-18-19)15(20)17-8-7-12-6-4-5-11(2)9-12/h10-12H,3-9,16H2,1-2H3,(H,17,20). The van der Waals surface area contributed by atoms with Crippen LogP contribution in [0.2, 0.25) is 0 Å². The molecule has 2 unspecified atom stereocenters. The molecule has 0 saturated heterocycles. The van der Waals surface area contributed by atoms with Gasteiger partial charge in [-0.25, -0.2) is 0 Å². The monoisotopic (exact) mass is 278 g/mol. The highest BCUT2D eigenvalue weighted by molar-refractivity contribution is 5.97. The highest BCUT2D eigenvalue weighted by Crippen LogP contribution is 2.30. The Morgan fingerprint density at radius 2 is 2.35 bits per heavy atom. The van der Waals surface area contributed by atoms with E-state index in [9.17, 15) is 4.79 Å². The SMILES string of the molecule is CCn1ncc(N)c1C(=O)NCCC1CCCC(C)C1. The lowest BCUT2D eigenvalue weighted by molar-refractivity contribution is 0.0940. The molecule has 112 valence electrons. The van der Waals surface area contributed by atoms with Gasteiger partial charge in [0.25, 0.3) is 5.91 Å². The van der Waals surface area contributed by atoms with Crippen LogP contribution in [0.5, 0.6) is 0 Å². The van der Waals surface area contributed by atoms with E-state index in [0.29, 0.717) is 17.9 Å². The summed E-state index contributed by atoms with van der Waals surface area (Å²) in [6, 6.07) is 0. The molecule has 0 aromatic carbocycles. The van der Waals surface area contributed by atoms with E-state index in [4.69, 9.17) is 5.73 Å². The van der Waals surface area contributed by atoms with Gasteiger partial charge in [0.1, 0.15) is 5.69 Å². The predicted molar refractivity (Wildman–Crippen MR) is 80.4 cm³/mol. The number of anilines is 1. The predicted octanol–water partition coefficient (Wildman–Crippen LogP) is 2.43. The van der Waals surface area contributed by atoms with Gasteiger partial charge in [0.05, 0.1) is 11.9 Å². The third kappa shape index (κ3) is 3.52. The first-order chi connectivity index (χ1) is 9.61. The highest BCUT2D eigenvalue weighted by Gasteiger charge is 2.20. The van der Waals surface area contributed by atoms with Crippen molar-refractivity contribution in [3.05, 3.63) is 11.9 Å². The Morgan fingerprint density at radius 3 is 3.05 bits per heavy atom. The summed E-state index contributed by atoms with van der Waals surface area (Å²) in [4.78, 5) is 12.2. The van der Waals surface area contributed by atoms with Gasteiger partial charge in [0, 0.05) is 13.1 Å². The summed E-state index contributed by atoms with van der Waals surface area (Å²) in [5.74, 6) is 1.49. The quantitative estimate of drug-likeness (QED) is 0.868. The number of carbonyl (C=O) groups is 1. The van der Waals surface area contributed by atoms with Gasteiger partial charge in [-0.1, -0.05) is 26.2 Å². The lowest BCUT2D eigenvalue weighted by Crippen LogP contribution is -2.29. The molecule has 1 fully saturated rings. The largest absolute Gasteiger partial charge is 0.396 e. The van der Waals surface area contributed by atoms with Crippen molar-refractivity contribution < 1.29 is 4.79 Å². The zero-order valence-corrected chi connectivity index (χ0v) is 12.6. The summed E-state index contributed by atoms with van der Waals surface area (Å²) in [5.41, 5.74) is 6.75. The Bertz CT molecular complexity index is 455. The second kappa shape index (κ2) is 6.77. The molecular formula is C15H26N4O. The van der Waals surface area contributed by atoms with Gasteiger partial charge in [-0.3, -0.25) is 9.48 Å². The number of hydrogen-bond acceptors (Lipinski definition) is 3. The molecule has 5 heteroatoms. The van der Waals surface area contributed by atoms with Crippen LogP contribution in [0, 0.1) is 11.8 Å². The minimum Gasteiger partial charge on any atom is -0.396 e. The number of nitrogens with one attached hydrogen (secondary N) is 1. The van der Waals surface area contributed by atoms with E-state index < -0.39 is 0 Å². The molecule has 20 heavy (non-hydrogen) atoms. The molecular weight excluding hydrogens is 252 g/mol. The fourth-order valence-electron chi connectivity index (χ4n) is 3.18. The second-order valence-corrected chi connectivity index (χ2v) is 5.95. The maximum Gasteiger partial charge on any atom is 0.271 e. The van der Waals surface area contributed by atoms with Gasteiger partial charge in [0.15, 0.2) is 0 Å². The topological polar surface area (TPSA) is 72.9 Å². The molecule has 0 bridgehead atoms. The first-order valence-electron chi connectivity index (χ1n) is 7.71. The zero-order valence-electron chi connectivity index (χ0n) is 12.6. The first-order valence-corrected chi connectivity index (χ1v) is 7.71. The van der Waals surface area contributed by atoms with Crippen LogP contribution in [0.3, 0.4) is 0 Å². The number of rotatable bonds is 5. The van der Waals surface area contributed by atoms with Gasteiger partial charge in [-0.2, -0.15) is 5.10 Å². The Morgan fingerprint density at radius 1 is 1.55 bits per heavy atom. The molecule has 0 radical (unpaired) electrons. The maximum absolute atomic E-state index is 12.2. The maximum atomic E-state index is 12.2. The van der Waals surface area contributed by atoms with E-state index >= 15 is 0 Å². The third-order valence-electron chi connectivity index (χ3n) is 4.27. The number of nitrogen functional groups attached to an aromatic ring is 1. The number of nitrogens with zero attached hydrogens (tertiary/aromatic N) is 2. The molecule has 3 N–H and O–H groups in total. The lowest BCUT2D eigenvalue weighted by atomic mass is 9.81. The summed E-state index contributed by atoms with van der Waals surface area (Å²) in [6.45, 7) is 5.66. The van der Waals surface area contributed by atoms with Crippen LogP contribution in [0.1, 0.15) is 56.4 Å². The van der Waals surface area contributed by atoms with Gasteiger partial charge in [-0.15, -0.1) is 0 Å². The number of aryl methyl sites for hydroxylation is 1. The van der Waals surface area contributed by atoms with Gasteiger partial charge >= 0.3 is 0 Å². The van der Waals surface area contributed by atoms with Gasteiger partial charge in [0.2, 0.25) is 0 Å². The number of aromatic nitrogens is 2. The zero-order chi connectivity index (χ0) is 14.5. The second-order valence-electron chi connectivity index (χ2n) is 5.95. The summed E-state index contributed by atoms with van der Waals surface area (Å²) in [5, 5.41) is 7.08. The van der Waals surface area contributed by atoms with Crippen molar-refractivity contribution in [3.8, 4) is 0 Å². The van der Waals surface area contributed by atoms with Crippen molar-refractivity contribution in [2.75, 3.05) is 12.3 Å². The Balaban J connectivity index is 1.81. The average Bonchev–Trinajstić information content (AvgIpc) is 2.80. The third-order valence-corrected chi connectivity index (χ3v) is 4.27. The minimum absolute atomic E-state index is 0.106. The number of carbonyl (C=O) groups excluding carboxylic acids is 1. The molecule has 5 nitrogen and oxygen atoms in total. The summed E-state index contributed by atoms with van der Waals surface area (Å²) < 4.78 is 1.65. The summed E-state index contributed by atoms with van der Waals surface area (Å²) in [6.07, 6.45) is 7.89. The fourth-order valence-corrected chi connectivity index (χ4v) is 3.18. The van der Waals surface area contributed by atoms with Crippen molar-refractivity contribution in [2.24, 2.45) is 11.8 Å². The normalized spacial score (nSPS) is 22.7. The summed E-state index contributed by atoms with van der Waals surface area (Å²) >= 11 is 0. The Hall–Kier alpha value is -1.52. The number of amides is 1. The molecule has 1 aliphatic carbocycles. The molecule has 1 amide bonds. The summed E-state index contributed by atoms with van der Waals surface area (Å²) in [7, 11) is 0. The Labute approximate surface area is 120 Å². The molecule has 1 aromatic rings. The molecule has 1 heterocycles. The van der Waals surface area contributed by atoms with Crippen LogP contribution in [-0.2, 0) is 6.54 Å². The van der Waals surface area contributed by atoms with Crippen molar-refractivity contribution in [3.63, 3.8) is 0 Å². The van der Waals surface area contributed by atoms with E-state index in [2.05, 4.69) is 17.3 Å². The van der Waals surface area contributed by atoms with Crippen LogP contribution in [0.15, 0.2) is 6.20 Å². The van der Waals surface area contributed by atoms with Gasteiger partial charge < -0.3 is 11.1 Å². The van der Waals surface area contributed by atoms with Crippen LogP contribution >= 0.6 is 0 Å². The van der Waals surface area contributed by atoms with E-state index in [-0.39, 0.29) is 5.91 Å². The van der Waals surface area contributed by atoms with E-state index in [0.717, 1.165) is 24.8 Å². The lowest BCUT2D eigenvalue weighted by Gasteiger charge is -2.26. The molecule has 1 saturated carbocycles. The smallest absolute Gasteiger partial charge is 0.271 e. The highest BCUT2D eigenvalue weighted by atomic mass is 16.2. The van der Waals surface area contributed by atoms with E-state index in [1.807, 2.05) is 6.92 Å². The van der Waals surface area contributed by atoms with Crippen molar-refractivity contribution in [1.29, 1.82) is 0 Å². The van der Waals surface area contributed by atoms with Crippen LogP contribution in [-0.4, -0.2) is 22.2 Å². The van der Waals surface area contributed by atoms with Crippen molar-refractivity contribution in [1.82, 2.24) is 15.1 Å². The minimum atomic E-state index is -0.106. The Kier molecular flexibility index (Phi) is 5.04.